The predicted molar refractivity (Wildman–Crippen MR) is 73.6 cm³/mol. The minimum absolute atomic E-state index is 0.241. The van der Waals surface area contributed by atoms with Crippen LogP contribution in [-0.4, -0.2) is 34.3 Å². The Labute approximate surface area is 109 Å². The second-order valence-corrected chi connectivity index (χ2v) is 5.46. The van der Waals surface area contributed by atoms with E-state index in [-0.39, 0.29) is 5.75 Å². The fourth-order valence-electron chi connectivity index (χ4n) is 1.71. The highest BCUT2D eigenvalue weighted by molar-refractivity contribution is 7.99. The second kappa shape index (κ2) is 13.8. The Bertz CT molecular complexity index is 174. The maximum absolute atomic E-state index is 10.2. The number of hydrogen-bond donors (Lipinski definition) is 2. The van der Waals surface area contributed by atoms with E-state index in [1.807, 2.05) is 0 Å². The summed E-state index contributed by atoms with van der Waals surface area (Å²) in [6, 6.07) is 0. The number of aliphatic hydroxyl groups excluding tert-OH is 1. The molecule has 0 aliphatic carbocycles. The fourth-order valence-corrected chi connectivity index (χ4v) is 2.44. The molecule has 17 heavy (non-hydrogen) atoms. The molecule has 2 N–H and O–H groups in total. The highest BCUT2D eigenvalue weighted by Gasteiger charge is 1.96. The summed E-state index contributed by atoms with van der Waals surface area (Å²) in [6.07, 6.45) is 10.9. The van der Waals surface area contributed by atoms with Crippen LogP contribution in [0.1, 0.15) is 57.8 Å². The number of unbranched alkanes of at least 4 members (excludes halogenated alkanes) is 8. The molecule has 0 saturated heterocycles. The van der Waals surface area contributed by atoms with E-state index in [4.69, 9.17) is 10.2 Å². The van der Waals surface area contributed by atoms with Crippen molar-refractivity contribution in [1.29, 1.82) is 0 Å². The molecule has 0 rings (SSSR count). The lowest BCUT2D eigenvalue weighted by atomic mass is 10.1. The zero-order valence-electron chi connectivity index (χ0n) is 10.7. The number of aliphatic hydroxyl groups is 1. The SMILES string of the molecule is O=C(O)CSCCCCCCCCCCCO. The summed E-state index contributed by atoms with van der Waals surface area (Å²) < 4.78 is 0. The number of carboxylic acid groups (broad SMARTS) is 1. The maximum Gasteiger partial charge on any atom is 0.313 e. The number of rotatable bonds is 13. The van der Waals surface area contributed by atoms with Gasteiger partial charge in [-0.2, -0.15) is 11.8 Å². The molecule has 0 bridgehead atoms. The van der Waals surface area contributed by atoms with E-state index in [1.54, 1.807) is 0 Å². The molecule has 0 heterocycles. The smallest absolute Gasteiger partial charge is 0.313 e. The molecule has 0 aromatic rings. The third kappa shape index (κ3) is 15.8. The van der Waals surface area contributed by atoms with E-state index in [1.165, 1.54) is 50.3 Å². The van der Waals surface area contributed by atoms with Crippen LogP contribution in [0.5, 0.6) is 0 Å². The first kappa shape index (κ1) is 16.8. The average molecular weight is 262 g/mol. The molecule has 3 nitrogen and oxygen atoms in total. The van der Waals surface area contributed by atoms with E-state index < -0.39 is 5.97 Å². The van der Waals surface area contributed by atoms with E-state index in [9.17, 15) is 4.79 Å². The first-order chi connectivity index (χ1) is 8.27. The third-order valence-corrected chi connectivity index (χ3v) is 3.70. The summed E-state index contributed by atoms with van der Waals surface area (Å²) in [7, 11) is 0. The molecule has 4 heteroatoms. The van der Waals surface area contributed by atoms with Gasteiger partial charge in [-0.15, -0.1) is 0 Å². The molecule has 0 aromatic heterocycles. The highest BCUT2D eigenvalue weighted by Crippen LogP contribution is 2.11. The summed E-state index contributed by atoms with van der Waals surface area (Å²) in [6.45, 7) is 0.327. The van der Waals surface area contributed by atoms with Gasteiger partial charge in [-0.25, -0.2) is 0 Å². The molecule has 0 radical (unpaired) electrons. The lowest BCUT2D eigenvalue weighted by Crippen LogP contribution is -1.98. The second-order valence-electron chi connectivity index (χ2n) is 4.35. The first-order valence-electron chi connectivity index (χ1n) is 6.67. The number of thioether (sulfide) groups is 1. The van der Waals surface area contributed by atoms with Gasteiger partial charge in [0.15, 0.2) is 0 Å². The predicted octanol–water partition coefficient (Wildman–Crippen LogP) is 3.31. The number of aliphatic carboxylic acids is 1. The molecule has 0 spiro atoms. The Kier molecular flexibility index (Phi) is 13.7. The van der Waals surface area contributed by atoms with Crippen LogP contribution in [0.2, 0.25) is 0 Å². The molecule has 0 amide bonds. The summed E-state index contributed by atoms with van der Waals surface area (Å²) in [4.78, 5) is 10.2. The number of hydrogen-bond acceptors (Lipinski definition) is 3. The van der Waals surface area contributed by atoms with Crippen LogP contribution in [0.15, 0.2) is 0 Å². The van der Waals surface area contributed by atoms with Crippen LogP contribution in [0.3, 0.4) is 0 Å². The fraction of sp³-hybridized carbons (Fsp3) is 0.923. The molecule has 0 unspecified atom stereocenters. The molecular weight excluding hydrogens is 236 g/mol. The topological polar surface area (TPSA) is 57.5 Å². The van der Waals surface area contributed by atoms with Crippen molar-refractivity contribution >= 4 is 17.7 Å². The van der Waals surface area contributed by atoms with Crippen LogP contribution in [0, 0.1) is 0 Å². The van der Waals surface area contributed by atoms with Crippen molar-refractivity contribution < 1.29 is 15.0 Å². The Morgan fingerprint density at radius 2 is 1.29 bits per heavy atom. The minimum atomic E-state index is -0.710. The first-order valence-corrected chi connectivity index (χ1v) is 7.83. The highest BCUT2D eigenvalue weighted by atomic mass is 32.2. The van der Waals surface area contributed by atoms with E-state index in [0.717, 1.165) is 25.0 Å². The molecule has 0 saturated carbocycles. The van der Waals surface area contributed by atoms with Crippen molar-refractivity contribution in [2.45, 2.75) is 57.8 Å². The van der Waals surface area contributed by atoms with Crippen molar-refractivity contribution in [3.05, 3.63) is 0 Å². The Morgan fingerprint density at radius 3 is 1.76 bits per heavy atom. The minimum Gasteiger partial charge on any atom is -0.481 e. The zero-order valence-corrected chi connectivity index (χ0v) is 11.5. The molecule has 0 aliphatic rings. The van der Waals surface area contributed by atoms with E-state index in [0.29, 0.717) is 6.61 Å². The maximum atomic E-state index is 10.2. The molecule has 0 atom stereocenters. The monoisotopic (exact) mass is 262 g/mol. The Morgan fingerprint density at radius 1 is 0.824 bits per heavy atom. The molecule has 0 fully saturated rings. The van der Waals surface area contributed by atoms with Gasteiger partial charge in [0.05, 0.1) is 5.75 Å². The third-order valence-electron chi connectivity index (χ3n) is 2.67. The van der Waals surface area contributed by atoms with Crippen LogP contribution < -0.4 is 0 Å². The van der Waals surface area contributed by atoms with Gasteiger partial charge in [0, 0.05) is 6.61 Å². The van der Waals surface area contributed by atoms with Crippen LogP contribution in [0.4, 0.5) is 0 Å². The summed E-state index contributed by atoms with van der Waals surface area (Å²) >= 11 is 1.52. The molecule has 0 aliphatic heterocycles. The van der Waals surface area contributed by atoms with Gasteiger partial charge in [0.25, 0.3) is 0 Å². The average Bonchev–Trinajstić information content (AvgIpc) is 2.30. The van der Waals surface area contributed by atoms with Crippen molar-refractivity contribution in [2.75, 3.05) is 18.1 Å². The van der Waals surface area contributed by atoms with Gasteiger partial charge < -0.3 is 10.2 Å². The lowest BCUT2D eigenvalue weighted by Gasteiger charge is -2.01. The lowest BCUT2D eigenvalue weighted by molar-refractivity contribution is -0.133. The van der Waals surface area contributed by atoms with E-state index in [2.05, 4.69) is 0 Å². The summed E-state index contributed by atoms with van der Waals surface area (Å²) in [5, 5.41) is 17.0. The largest absolute Gasteiger partial charge is 0.481 e. The molecule has 102 valence electrons. The van der Waals surface area contributed by atoms with Gasteiger partial charge in [0.2, 0.25) is 0 Å². The summed E-state index contributed by atoms with van der Waals surface area (Å²) in [5.74, 6) is 0.506. The van der Waals surface area contributed by atoms with Crippen LogP contribution in [-0.2, 0) is 4.79 Å². The standard InChI is InChI=1S/C13H26O3S/c14-10-8-6-4-2-1-3-5-7-9-11-17-12-13(15)16/h14H,1-12H2,(H,15,16). The van der Waals surface area contributed by atoms with Crippen LogP contribution >= 0.6 is 11.8 Å². The Hall–Kier alpha value is -0.220. The van der Waals surface area contributed by atoms with Crippen molar-refractivity contribution in [2.24, 2.45) is 0 Å². The molecule has 0 aromatic carbocycles. The molecular formula is C13H26O3S. The van der Waals surface area contributed by atoms with E-state index >= 15 is 0 Å². The zero-order chi connectivity index (χ0) is 12.8. The van der Waals surface area contributed by atoms with Crippen LogP contribution in [0.25, 0.3) is 0 Å². The van der Waals surface area contributed by atoms with Gasteiger partial charge in [-0.1, -0.05) is 44.9 Å². The quantitative estimate of drug-likeness (QED) is 0.500. The van der Waals surface area contributed by atoms with Gasteiger partial charge in [-0.05, 0) is 18.6 Å². The Balaban J connectivity index is 2.91. The normalized spacial score (nSPS) is 10.6. The van der Waals surface area contributed by atoms with Gasteiger partial charge in [-0.3, -0.25) is 4.79 Å². The number of carboxylic acids is 1. The van der Waals surface area contributed by atoms with Gasteiger partial charge in [0.1, 0.15) is 0 Å². The number of carbonyl (C=O) groups is 1. The van der Waals surface area contributed by atoms with Gasteiger partial charge >= 0.3 is 5.97 Å². The van der Waals surface area contributed by atoms with Crippen molar-refractivity contribution in [3.8, 4) is 0 Å². The van der Waals surface area contributed by atoms with Crippen molar-refractivity contribution in [3.63, 3.8) is 0 Å². The van der Waals surface area contributed by atoms with Crippen molar-refractivity contribution in [1.82, 2.24) is 0 Å². The summed E-state index contributed by atoms with van der Waals surface area (Å²) in [5.41, 5.74) is 0.